The second-order valence-electron chi connectivity index (χ2n) is 4.43. The lowest BCUT2D eigenvalue weighted by atomic mass is 10.1. The summed E-state index contributed by atoms with van der Waals surface area (Å²) in [6.07, 6.45) is 0. The Bertz CT molecular complexity index is 787. The molecular weight excluding hydrogens is 254 g/mol. The molecule has 5 nitrogen and oxygen atoms in total. The molecule has 0 N–H and O–H groups in total. The zero-order valence-corrected chi connectivity index (χ0v) is 11.2. The highest BCUT2D eigenvalue weighted by Crippen LogP contribution is 2.23. The Labute approximate surface area is 115 Å². The van der Waals surface area contributed by atoms with Crippen LogP contribution in [0.3, 0.4) is 0 Å². The minimum absolute atomic E-state index is 0.351. The van der Waals surface area contributed by atoms with Gasteiger partial charge >= 0.3 is 5.97 Å². The quantitative estimate of drug-likeness (QED) is 0.669. The van der Waals surface area contributed by atoms with Crippen molar-refractivity contribution in [2.45, 2.75) is 6.92 Å². The Kier molecular flexibility index (Phi) is 2.95. The molecule has 0 unspecified atom stereocenters. The molecule has 0 aliphatic carbocycles. The van der Waals surface area contributed by atoms with Crippen molar-refractivity contribution in [3.63, 3.8) is 0 Å². The van der Waals surface area contributed by atoms with E-state index in [0.29, 0.717) is 11.4 Å². The summed E-state index contributed by atoms with van der Waals surface area (Å²) in [5.41, 5.74) is 1.71. The van der Waals surface area contributed by atoms with Crippen molar-refractivity contribution in [2.24, 2.45) is 0 Å². The van der Waals surface area contributed by atoms with Crippen LogP contribution in [0.2, 0.25) is 0 Å². The second-order valence-corrected chi connectivity index (χ2v) is 4.43. The molecule has 0 spiro atoms. The van der Waals surface area contributed by atoms with Gasteiger partial charge in [-0.15, -0.1) is 5.10 Å². The molecule has 0 atom stereocenters. The van der Waals surface area contributed by atoms with E-state index in [1.54, 1.807) is 6.92 Å². The lowest BCUT2D eigenvalue weighted by Crippen LogP contribution is -2.11. The van der Waals surface area contributed by atoms with Crippen LogP contribution in [0.15, 0.2) is 42.5 Å². The minimum atomic E-state index is -0.444. The molecule has 0 saturated heterocycles. The van der Waals surface area contributed by atoms with Gasteiger partial charge in [-0.3, -0.25) is 0 Å². The SMILES string of the molecule is COC(=O)c1c(C)nnn1-c1cccc2ccccc12. The maximum atomic E-state index is 11.9. The van der Waals surface area contributed by atoms with Crippen molar-refractivity contribution in [1.82, 2.24) is 15.0 Å². The summed E-state index contributed by atoms with van der Waals surface area (Å²) < 4.78 is 6.34. The molecule has 0 aliphatic heterocycles. The summed E-state index contributed by atoms with van der Waals surface area (Å²) in [7, 11) is 1.35. The van der Waals surface area contributed by atoms with Crippen molar-refractivity contribution >= 4 is 16.7 Å². The predicted octanol–water partition coefficient (Wildman–Crippen LogP) is 2.52. The molecule has 1 aromatic heterocycles. The van der Waals surface area contributed by atoms with Gasteiger partial charge in [0.2, 0.25) is 0 Å². The number of nitrogens with zero attached hydrogens (tertiary/aromatic N) is 3. The molecule has 0 radical (unpaired) electrons. The number of hydrogen-bond donors (Lipinski definition) is 0. The van der Waals surface area contributed by atoms with Gasteiger partial charge in [-0.1, -0.05) is 41.6 Å². The zero-order valence-electron chi connectivity index (χ0n) is 11.2. The summed E-state index contributed by atoms with van der Waals surface area (Å²) in [5.74, 6) is -0.444. The minimum Gasteiger partial charge on any atom is -0.464 e. The third-order valence-electron chi connectivity index (χ3n) is 3.21. The van der Waals surface area contributed by atoms with E-state index in [-0.39, 0.29) is 0 Å². The molecule has 0 fully saturated rings. The zero-order chi connectivity index (χ0) is 14.1. The molecule has 0 saturated carbocycles. The maximum Gasteiger partial charge on any atom is 0.358 e. The fourth-order valence-electron chi connectivity index (χ4n) is 2.25. The second kappa shape index (κ2) is 4.77. The predicted molar refractivity (Wildman–Crippen MR) is 74.9 cm³/mol. The van der Waals surface area contributed by atoms with E-state index in [9.17, 15) is 4.79 Å². The van der Waals surface area contributed by atoms with E-state index in [2.05, 4.69) is 10.3 Å². The molecule has 3 rings (SSSR count). The van der Waals surface area contributed by atoms with Gasteiger partial charge in [-0.05, 0) is 18.4 Å². The molecule has 100 valence electrons. The van der Waals surface area contributed by atoms with E-state index in [1.807, 2.05) is 42.5 Å². The van der Waals surface area contributed by atoms with Crippen LogP contribution in [0.5, 0.6) is 0 Å². The van der Waals surface area contributed by atoms with Crippen molar-refractivity contribution in [2.75, 3.05) is 7.11 Å². The highest BCUT2D eigenvalue weighted by atomic mass is 16.5. The largest absolute Gasteiger partial charge is 0.464 e. The van der Waals surface area contributed by atoms with Crippen molar-refractivity contribution in [3.8, 4) is 5.69 Å². The Morgan fingerprint density at radius 2 is 1.90 bits per heavy atom. The summed E-state index contributed by atoms with van der Waals surface area (Å²) in [6.45, 7) is 1.74. The maximum absolute atomic E-state index is 11.9. The number of carbonyl (C=O) groups is 1. The number of fused-ring (bicyclic) bond motifs is 1. The Balaban J connectivity index is 2.29. The average molecular weight is 267 g/mol. The fraction of sp³-hybridized carbons (Fsp3) is 0.133. The van der Waals surface area contributed by atoms with Crippen molar-refractivity contribution in [1.29, 1.82) is 0 Å². The van der Waals surface area contributed by atoms with Gasteiger partial charge in [0, 0.05) is 5.39 Å². The van der Waals surface area contributed by atoms with E-state index < -0.39 is 5.97 Å². The van der Waals surface area contributed by atoms with E-state index in [4.69, 9.17) is 4.74 Å². The molecule has 3 aromatic rings. The molecule has 0 bridgehead atoms. The first-order valence-corrected chi connectivity index (χ1v) is 6.21. The van der Waals surface area contributed by atoms with Gasteiger partial charge in [-0.2, -0.15) is 0 Å². The van der Waals surface area contributed by atoms with Crippen LogP contribution in [0.4, 0.5) is 0 Å². The van der Waals surface area contributed by atoms with E-state index >= 15 is 0 Å². The highest BCUT2D eigenvalue weighted by Gasteiger charge is 2.20. The van der Waals surface area contributed by atoms with Gasteiger partial charge < -0.3 is 4.74 Å². The van der Waals surface area contributed by atoms with Crippen LogP contribution in [0, 0.1) is 6.92 Å². The monoisotopic (exact) mass is 267 g/mol. The number of benzene rings is 2. The molecule has 5 heteroatoms. The molecule has 0 amide bonds. The van der Waals surface area contributed by atoms with Gasteiger partial charge in [0.05, 0.1) is 18.5 Å². The van der Waals surface area contributed by atoms with E-state index in [0.717, 1.165) is 16.5 Å². The van der Waals surface area contributed by atoms with E-state index in [1.165, 1.54) is 11.8 Å². The first-order valence-electron chi connectivity index (χ1n) is 6.21. The van der Waals surface area contributed by atoms with Gasteiger partial charge in [0.25, 0.3) is 0 Å². The van der Waals surface area contributed by atoms with Crippen molar-refractivity contribution < 1.29 is 9.53 Å². The summed E-state index contributed by atoms with van der Waals surface area (Å²) in [5, 5.41) is 10.1. The number of methoxy groups -OCH3 is 1. The Morgan fingerprint density at radius 1 is 1.15 bits per heavy atom. The Hall–Kier alpha value is -2.69. The topological polar surface area (TPSA) is 57.0 Å². The number of carbonyl (C=O) groups excluding carboxylic acids is 1. The average Bonchev–Trinajstić information content (AvgIpc) is 2.87. The first kappa shape index (κ1) is 12.3. The van der Waals surface area contributed by atoms with Gasteiger partial charge in [0.15, 0.2) is 5.69 Å². The number of esters is 1. The first-order chi connectivity index (χ1) is 9.72. The normalized spacial score (nSPS) is 10.7. The lowest BCUT2D eigenvalue weighted by Gasteiger charge is -2.08. The third kappa shape index (κ3) is 1.84. The number of hydrogen-bond acceptors (Lipinski definition) is 4. The molecule has 20 heavy (non-hydrogen) atoms. The van der Waals surface area contributed by atoms with Gasteiger partial charge in [-0.25, -0.2) is 9.48 Å². The van der Waals surface area contributed by atoms with Crippen LogP contribution in [-0.4, -0.2) is 28.1 Å². The van der Waals surface area contributed by atoms with Crippen LogP contribution < -0.4 is 0 Å². The Morgan fingerprint density at radius 3 is 2.70 bits per heavy atom. The summed E-state index contributed by atoms with van der Waals surface area (Å²) in [6, 6.07) is 13.8. The number of ether oxygens (including phenoxy) is 1. The smallest absolute Gasteiger partial charge is 0.358 e. The molecular formula is C15H13N3O2. The number of rotatable bonds is 2. The van der Waals surface area contributed by atoms with Crippen LogP contribution >= 0.6 is 0 Å². The highest BCUT2D eigenvalue weighted by molar-refractivity contribution is 5.93. The lowest BCUT2D eigenvalue weighted by molar-refractivity contribution is 0.0589. The standard InChI is InChI=1S/C15H13N3O2/c1-10-14(15(19)20-2)18(17-16-10)13-9-5-7-11-6-3-4-8-12(11)13/h3-9H,1-2H3. The van der Waals surface area contributed by atoms with Crippen LogP contribution in [0.1, 0.15) is 16.2 Å². The number of aryl methyl sites for hydroxylation is 1. The third-order valence-corrected chi connectivity index (χ3v) is 3.21. The van der Waals surface area contributed by atoms with Crippen LogP contribution in [0.25, 0.3) is 16.5 Å². The number of aromatic nitrogens is 3. The van der Waals surface area contributed by atoms with Gasteiger partial charge in [0.1, 0.15) is 0 Å². The molecule has 1 heterocycles. The molecule has 0 aliphatic rings. The van der Waals surface area contributed by atoms with Crippen LogP contribution in [-0.2, 0) is 4.74 Å². The summed E-state index contributed by atoms with van der Waals surface area (Å²) in [4.78, 5) is 11.9. The molecule has 2 aromatic carbocycles. The summed E-state index contributed by atoms with van der Waals surface area (Å²) >= 11 is 0. The fourth-order valence-corrected chi connectivity index (χ4v) is 2.25. The van der Waals surface area contributed by atoms with Crippen molar-refractivity contribution in [3.05, 3.63) is 53.9 Å².